The van der Waals surface area contributed by atoms with Crippen LogP contribution in [0.3, 0.4) is 0 Å². The topological polar surface area (TPSA) is 64.0 Å². The first-order valence-corrected chi connectivity index (χ1v) is 7.01. The molecule has 1 atom stereocenters. The van der Waals surface area contributed by atoms with Crippen LogP contribution in [0.4, 0.5) is 0 Å². The van der Waals surface area contributed by atoms with Crippen LogP contribution in [-0.4, -0.2) is 70.9 Å². The maximum Gasteiger partial charge on any atom is 0.304 e. The molecule has 5 nitrogen and oxygen atoms in total. The van der Waals surface area contributed by atoms with Crippen molar-refractivity contribution in [2.75, 3.05) is 32.7 Å². The normalized spacial score (nSPS) is 28.4. The molecular weight excluding hydrogens is 232 g/mol. The van der Waals surface area contributed by atoms with Crippen molar-refractivity contribution >= 4 is 5.97 Å². The van der Waals surface area contributed by atoms with E-state index in [-0.39, 0.29) is 12.5 Å². The quantitative estimate of drug-likeness (QED) is 0.761. The third-order valence-electron chi connectivity index (χ3n) is 4.14. The zero-order valence-corrected chi connectivity index (χ0v) is 10.9. The number of nitrogens with zero attached hydrogens (tertiary/aromatic N) is 2. The van der Waals surface area contributed by atoms with Gasteiger partial charge in [0.15, 0.2) is 0 Å². The summed E-state index contributed by atoms with van der Waals surface area (Å²) in [6.45, 7) is 4.58. The summed E-state index contributed by atoms with van der Waals surface area (Å²) in [5.74, 6) is -0.712. The number of hydrogen-bond donors (Lipinski definition) is 2. The molecule has 5 heteroatoms. The molecule has 0 saturated carbocycles. The van der Waals surface area contributed by atoms with Gasteiger partial charge in [-0.3, -0.25) is 9.69 Å². The van der Waals surface area contributed by atoms with Crippen molar-refractivity contribution in [3.05, 3.63) is 0 Å². The lowest BCUT2D eigenvalue weighted by atomic mass is 9.99. The second kappa shape index (κ2) is 6.50. The smallest absolute Gasteiger partial charge is 0.304 e. The lowest BCUT2D eigenvalue weighted by Crippen LogP contribution is -2.49. The van der Waals surface area contributed by atoms with Gasteiger partial charge in [0.1, 0.15) is 0 Å². The Bertz CT molecular complexity index is 277. The number of hydrogen-bond acceptors (Lipinski definition) is 4. The maximum atomic E-state index is 10.5. The van der Waals surface area contributed by atoms with Crippen LogP contribution < -0.4 is 0 Å². The van der Waals surface area contributed by atoms with Gasteiger partial charge in [-0.1, -0.05) is 0 Å². The summed E-state index contributed by atoms with van der Waals surface area (Å²) in [6, 6.07) is 0.584. The monoisotopic (exact) mass is 256 g/mol. The molecule has 2 aliphatic rings. The minimum Gasteiger partial charge on any atom is -0.481 e. The van der Waals surface area contributed by atoms with E-state index in [0.717, 1.165) is 51.9 Å². The van der Waals surface area contributed by atoms with E-state index in [9.17, 15) is 9.90 Å². The largest absolute Gasteiger partial charge is 0.481 e. The summed E-state index contributed by atoms with van der Waals surface area (Å²) in [4.78, 5) is 15.2. The molecule has 0 aliphatic carbocycles. The Kier molecular flexibility index (Phi) is 4.97. The third kappa shape index (κ3) is 3.93. The number of aliphatic hydroxyl groups is 1. The van der Waals surface area contributed by atoms with Gasteiger partial charge in [-0.25, -0.2) is 0 Å². The Morgan fingerprint density at radius 1 is 1.17 bits per heavy atom. The first-order valence-electron chi connectivity index (χ1n) is 7.01. The fourth-order valence-corrected chi connectivity index (χ4v) is 3.08. The van der Waals surface area contributed by atoms with Crippen molar-refractivity contribution in [3.63, 3.8) is 0 Å². The minimum absolute atomic E-state index is 0.149. The zero-order chi connectivity index (χ0) is 13.0. The van der Waals surface area contributed by atoms with E-state index in [0.29, 0.717) is 12.6 Å². The molecule has 1 unspecified atom stereocenters. The van der Waals surface area contributed by atoms with Crippen molar-refractivity contribution in [1.29, 1.82) is 0 Å². The molecule has 0 spiro atoms. The Morgan fingerprint density at radius 2 is 1.89 bits per heavy atom. The number of rotatable bonds is 4. The van der Waals surface area contributed by atoms with Gasteiger partial charge in [-0.2, -0.15) is 0 Å². The van der Waals surface area contributed by atoms with Crippen molar-refractivity contribution in [2.45, 2.75) is 44.2 Å². The van der Waals surface area contributed by atoms with Crippen molar-refractivity contribution in [1.82, 2.24) is 9.80 Å². The molecule has 0 radical (unpaired) electrons. The lowest BCUT2D eigenvalue weighted by molar-refractivity contribution is -0.137. The summed E-state index contributed by atoms with van der Waals surface area (Å²) in [7, 11) is 0. The van der Waals surface area contributed by atoms with E-state index in [4.69, 9.17) is 5.11 Å². The van der Waals surface area contributed by atoms with Gasteiger partial charge in [-0.15, -0.1) is 0 Å². The van der Waals surface area contributed by atoms with E-state index in [1.54, 1.807) is 0 Å². The predicted octanol–water partition coefficient (Wildman–Crippen LogP) is 0.382. The van der Waals surface area contributed by atoms with Crippen LogP contribution in [0.5, 0.6) is 0 Å². The second-order valence-electron chi connectivity index (χ2n) is 5.51. The Hall–Kier alpha value is -0.650. The average molecular weight is 256 g/mol. The first kappa shape index (κ1) is 13.8. The first-order chi connectivity index (χ1) is 8.65. The molecule has 2 rings (SSSR count). The van der Waals surface area contributed by atoms with Crippen LogP contribution in [0, 0.1) is 0 Å². The second-order valence-corrected chi connectivity index (χ2v) is 5.51. The molecule has 0 aromatic heterocycles. The van der Waals surface area contributed by atoms with E-state index >= 15 is 0 Å². The number of piperidine rings is 2. The zero-order valence-electron chi connectivity index (χ0n) is 10.9. The van der Waals surface area contributed by atoms with Crippen molar-refractivity contribution < 1.29 is 15.0 Å². The molecule has 0 aromatic carbocycles. The minimum atomic E-state index is -0.712. The van der Waals surface area contributed by atoms with E-state index < -0.39 is 5.97 Å². The highest BCUT2D eigenvalue weighted by molar-refractivity contribution is 5.66. The molecule has 2 aliphatic heterocycles. The number of carboxylic acids is 1. The summed E-state index contributed by atoms with van der Waals surface area (Å²) < 4.78 is 0. The predicted molar refractivity (Wildman–Crippen MR) is 68.5 cm³/mol. The van der Waals surface area contributed by atoms with Crippen molar-refractivity contribution in [2.24, 2.45) is 0 Å². The highest BCUT2D eigenvalue weighted by atomic mass is 16.4. The SMILES string of the molecule is O=C(O)CCN1CCC(N2CCCC(O)C2)CC1. The molecule has 104 valence electrons. The van der Waals surface area contributed by atoms with Gasteiger partial charge >= 0.3 is 5.97 Å². The number of carboxylic acid groups (broad SMARTS) is 1. The fourth-order valence-electron chi connectivity index (χ4n) is 3.08. The van der Waals surface area contributed by atoms with E-state index in [1.807, 2.05) is 0 Å². The van der Waals surface area contributed by atoms with Crippen molar-refractivity contribution in [3.8, 4) is 0 Å². The highest BCUT2D eigenvalue weighted by Crippen LogP contribution is 2.21. The fraction of sp³-hybridized carbons (Fsp3) is 0.923. The van der Waals surface area contributed by atoms with Gasteiger partial charge in [-0.05, 0) is 45.3 Å². The highest BCUT2D eigenvalue weighted by Gasteiger charge is 2.27. The molecule has 2 heterocycles. The molecule has 2 N–H and O–H groups in total. The Labute approximate surface area is 108 Å². The van der Waals surface area contributed by atoms with Crippen LogP contribution in [-0.2, 0) is 4.79 Å². The van der Waals surface area contributed by atoms with Gasteiger partial charge in [0, 0.05) is 19.1 Å². The molecule has 18 heavy (non-hydrogen) atoms. The molecule has 0 aromatic rings. The number of β-amino-alcohol motifs (C(OH)–C–C–N with tert-alkyl or cyclic N) is 1. The molecule has 2 saturated heterocycles. The Balaban J connectivity index is 1.71. The molecule has 2 fully saturated rings. The number of aliphatic carboxylic acids is 1. The van der Waals surface area contributed by atoms with Gasteiger partial charge in [0.25, 0.3) is 0 Å². The summed E-state index contributed by atoms with van der Waals surface area (Å²) in [5, 5.41) is 18.4. The molecule has 0 amide bonds. The summed E-state index contributed by atoms with van der Waals surface area (Å²) in [6.07, 6.45) is 4.34. The van der Waals surface area contributed by atoms with Crippen LogP contribution in [0.1, 0.15) is 32.1 Å². The number of likely N-dealkylation sites (tertiary alicyclic amines) is 2. The van der Waals surface area contributed by atoms with E-state index in [2.05, 4.69) is 9.80 Å². The standard InChI is InChI=1S/C13H24N2O3/c16-12-2-1-6-15(10-12)11-3-7-14(8-4-11)9-5-13(17)18/h11-12,16H,1-10H2,(H,17,18). The van der Waals surface area contributed by atoms with Gasteiger partial charge < -0.3 is 15.1 Å². The average Bonchev–Trinajstić information content (AvgIpc) is 2.37. The van der Waals surface area contributed by atoms with Gasteiger partial charge in [0.05, 0.1) is 12.5 Å². The summed E-state index contributed by atoms with van der Waals surface area (Å²) >= 11 is 0. The van der Waals surface area contributed by atoms with Crippen LogP contribution >= 0.6 is 0 Å². The molecular formula is C13H24N2O3. The third-order valence-corrected chi connectivity index (χ3v) is 4.14. The van der Waals surface area contributed by atoms with Crippen LogP contribution in [0.25, 0.3) is 0 Å². The molecule has 0 bridgehead atoms. The van der Waals surface area contributed by atoms with E-state index in [1.165, 1.54) is 0 Å². The maximum absolute atomic E-state index is 10.5. The van der Waals surface area contributed by atoms with Crippen LogP contribution in [0.15, 0.2) is 0 Å². The van der Waals surface area contributed by atoms with Crippen LogP contribution in [0.2, 0.25) is 0 Å². The Morgan fingerprint density at radius 3 is 2.50 bits per heavy atom. The lowest BCUT2D eigenvalue weighted by Gasteiger charge is -2.41. The summed E-state index contributed by atoms with van der Waals surface area (Å²) in [5.41, 5.74) is 0. The number of aliphatic hydroxyl groups excluding tert-OH is 1. The number of carbonyl (C=O) groups is 1. The van der Waals surface area contributed by atoms with Gasteiger partial charge in [0.2, 0.25) is 0 Å².